The maximum Gasteiger partial charge on any atom is 0.345 e. The molecule has 3 N–H and O–H groups in total. The maximum atomic E-state index is 13.4. The van der Waals surface area contributed by atoms with Crippen LogP contribution in [0.3, 0.4) is 0 Å². The number of rotatable bonds is 6. The fourth-order valence-electron chi connectivity index (χ4n) is 8.51. The summed E-state index contributed by atoms with van der Waals surface area (Å²) < 4.78 is 24.1. The normalized spacial score (nSPS) is 37.5. The van der Waals surface area contributed by atoms with Gasteiger partial charge in [0.1, 0.15) is 35.4 Å². The van der Waals surface area contributed by atoms with Gasteiger partial charge >= 0.3 is 17.6 Å². The minimum Gasteiger partial charge on any atom is -0.484 e. The molecular weight excluding hydrogens is 570 g/mol. The third kappa shape index (κ3) is 4.53. The number of aliphatic hydroxyl groups excluding tert-OH is 2. The van der Waals surface area contributed by atoms with E-state index in [-0.39, 0.29) is 65.4 Å². The lowest BCUT2D eigenvalue weighted by atomic mass is 9.42. The number of hydrogen-bond donors (Lipinski definition) is 3. The molecule has 0 bridgehead atoms. The molecule has 8 atom stereocenters. The highest BCUT2D eigenvalue weighted by atomic mass is 16.6. The number of aromatic amines is 1. The van der Waals surface area contributed by atoms with Crippen LogP contribution in [-0.2, 0) is 19.1 Å². The lowest BCUT2D eigenvalue weighted by molar-refractivity contribution is -0.267. The van der Waals surface area contributed by atoms with Crippen molar-refractivity contribution in [3.8, 4) is 17.1 Å². The molecule has 44 heavy (non-hydrogen) atoms. The summed E-state index contributed by atoms with van der Waals surface area (Å²) in [6.45, 7) is 5.75. The van der Waals surface area contributed by atoms with E-state index in [1.54, 1.807) is 6.92 Å². The van der Waals surface area contributed by atoms with Crippen LogP contribution in [-0.4, -0.2) is 51.6 Å². The standard InChI is InChI=1S/C33H39NO10/c1-31-11-10-23(43-29(39)17-6-7-17)32(2,15-41-28(38)16-4-5-16)21(31)13-22(35)33(3)27(31)26(37)25-20(44-33)12-19(42-30(25)40)18-8-9-24(36)34-14-18/h8-9,12,14,16-17,21-23,26-27,35,37H,4-7,10-11,13,15H2,1-3H3,(H,34,36)/t21-,22+,23-,26+,27-,31+,32-,33-/m1/s1. The molecule has 11 nitrogen and oxygen atoms in total. The Morgan fingerprint density at radius 1 is 1.02 bits per heavy atom. The van der Waals surface area contributed by atoms with Crippen LogP contribution in [0.4, 0.5) is 0 Å². The van der Waals surface area contributed by atoms with Crippen molar-refractivity contribution in [2.24, 2.45) is 34.5 Å². The number of aliphatic hydroxyl groups is 2. The Bertz CT molecular complexity index is 1600. The smallest absolute Gasteiger partial charge is 0.345 e. The second kappa shape index (κ2) is 10.0. The number of aromatic nitrogens is 1. The van der Waals surface area contributed by atoms with Crippen molar-refractivity contribution < 1.29 is 38.4 Å². The van der Waals surface area contributed by atoms with E-state index in [9.17, 15) is 29.4 Å². The van der Waals surface area contributed by atoms with Crippen LogP contribution in [0.25, 0.3) is 11.3 Å². The summed E-state index contributed by atoms with van der Waals surface area (Å²) in [5.41, 5.74) is -3.51. The first-order valence-corrected chi connectivity index (χ1v) is 15.6. The minimum atomic E-state index is -1.34. The first kappa shape index (κ1) is 29.3. The van der Waals surface area contributed by atoms with Gasteiger partial charge in [0, 0.05) is 35.2 Å². The molecule has 7 rings (SSSR count). The average Bonchev–Trinajstić information content (AvgIpc) is 3.88. The fourth-order valence-corrected chi connectivity index (χ4v) is 8.51. The molecule has 0 aromatic carbocycles. The quantitative estimate of drug-likeness (QED) is 0.414. The predicted molar refractivity (Wildman–Crippen MR) is 154 cm³/mol. The van der Waals surface area contributed by atoms with Gasteiger partial charge in [0.25, 0.3) is 0 Å². The zero-order valence-electron chi connectivity index (χ0n) is 25.2. The third-order valence-electron chi connectivity index (χ3n) is 11.3. The minimum absolute atomic E-state index is 0.0135. The molecule has 0 unspecified atom stereocenters. The van der Waals surface area contributed by atoms with Crippen molar-refractivity contribution in [2.75, 3.05) is 6.61 Å². The highest BCUT2D eigenvalue weighted by Crippen LogP contribution is 2.67. The SMILES string of the molecule is C[C@]12CC[C@@H](OC(=O)C3CC3)[C@](C)(COC(=O)C3CC3)[C@@H]1C[C@H](O)[C@@]1(C)Oc3cc(-c4ccc(=O)[nH]c4)oc(=O)c3[C@H](O)[C@H]21. The summed E-state index contributed by atoms with van der Waals surface area (Å²) in [6, 6.07) is 4.33. The molecule has 5 aliphatic rings. The first-order valence-electron chi connectivity index (χ1n) is 15.6. The molecule has 4 fully saturated rings. The van der Waals surface area contributed by atoms with Crippen LogP contribution in [0.5, 0.6) is 5.75 Å². The number of ether oxygens (including phenoxy) is 3. The number of hydrogen-bond acceptors (Lipinski definition) is 10. The number of pyridine rings is 1. The largest absolute Gasteiger partial charge is 0.484 e. The van der Waals surface area contributed by atoms with E-state index in [2.05, 4.69) is 4.98 Å². The summed E-state index contributed by atoms with van der Waals surface area (Å²) in [4.78, 5) is 53.1. The zero-order valence-corrected chi connectivity index (χ0v) is 25.2. The van der Waals surface area contributed by atoms with Crippen LogP contribution in [0.1, 0.15) is 77.4 Å². The van der Waals surface area contributed by atoms with E-state index in [0.717, 1.165) is 25.7 Å². The average molecular weight is 610 g/mol. The van der Waals surface area contributed by atoms with Crippen LogP contribution in [0.15, 0.2) is 38.4 Å². The van der Waals surface area contributed by atoms with E-state index in [1.165, 1.54) is 24.4 Å². The molecule has 2 aromatic rings. The monoisotopic (exact) mass is 609 g/mol. The first-order chi connectivity index (χ1) is 20.8. The lowest BCUT2D eigenvalue weighted by Crippen LogP contribution is -2.71. The van der Waals surface area contributed by atoms with Gasteiger partial charge in [-0.25, -0.2) is 4.79 Å². The molecule has 1 aliphatic heterocycles. The molecule has 2 aromatic heterocycles. The predicted octanol–water partition coefficient (Wildman–Crippen LogP) is 3.26. The van der Waals surface area contributed by atoms with Crippen molar-refractivity contribution in [1.82, 2.24) is 4.98 Å². The second-order valence-corrected chi connectivity index (χ2v) is 14.3. The van der Waals surface area contributed by atoms with Gasteiger partial charge < -0.3 is 33.8 Å². The second-order valence-electron chi connectivity index (χ2n) is 14.3. The number of nitrogens with one attached hydrogen (secondary N) is 1. The molecular formula is C33H39NO10. The molecule has 4 saturated carbocycles. The van der Waals surface area contributed by atoms with Gasteiger partial charge in [-0.3, -0.25) is 14.4 Å². The number of esters is 2. The summed E-state index contributed by atoms with van der Waals surface area (Å²) in [5, 5.41) is 23.8. The Balaban J connectivity index is 1.27. The van der Waals surface area contributed by atoms with E-state index in [4.69, 9.17) is 18.6 Å². The van der Waals surface area contributed by atoms with Gasteiger partial charge in [0.2, 0.25) is 5.56 Å². The molecule has 3 heterocycles. The molecule has 0 spiro atoms. The number of carbonyl (C=O) groups excluding carboxylic acids is 2. The van der Waals surface area contributed by atoms with Crippen molar-refractivity contribution in [2.45, 2.75) is 89.6 Å². The highest BCUT2D eigenvalue weighted by molar-refractivity contribution is 5.75. The van der Waals surface area contributed by atoms with E-state index in [0.29, 0.717) is 18.4 Å². The van der Waals surface area contributed by atoms with Crippen LogP contribution >= 0.6 is 0 Å². The summed E-state index contributed by atoms with van der Waals surface area (Å²) >= 11 is 0. The fraction of sp³-hybridized carbons (Fsp3) is 0.636. The summed E-state index contributed by atoms with van der Waals surface area (Å²) in [7, 11) is 0. The highest BCUT2D eigenvalue weighted by Gasteiger charge is 2.70. The molecule has 236 valence electrons. The lowest BCUT2D eigenvalue weighted by Gasteiger charge is -2.66. The number of carbonyl (C=O) groups is 2. The molecule has 0 saturated heterocycles. The Morgan fingerprint density at radius 2 is 1.73 bits per heavy atom. The van der Waals surface area contributed by atoms with Crippen LogP contribution < -0.4 is 15.9 Å². The number of H-pyrrole nitrogens is 1. The van der Waals surface area contributed by atoms with Gasteiger partial charge in [-0.2, -0.15) is 0 Å². The van der Waals surface area contributed by atoms with Crippen LogP contribution in [0.2, 0.25) is 0 Å². The van der Waals surface area contributed by atoms with E-state index >= 15 is 0 Å². The van der Waals surface area contributed by atoms with Gasteiger partial charge in [-0.05, 0) is 69.3 Å². The molecule has 0 radical (unpaired) electrons. The third-order valence-corrected chi connectivity index (χ3v) is 11.3. The van der Waals surface area contributed by atoms with Crippen molar-refractivity contribution in [1.29, 1.82) is 0 Å². The van der Waals surface area contributed by atoms with E-state index < -0.39 is 46.3 Å². The topological polar surface area (TPSA) is 165 Å². The van der Waals surface area contributed by atoms with Crippen molar-refractivity contribution in [3.05, 3.63) is 50.7 Å². The maximum absolute atomic E-state index is 13.4. The van der Waals surface area contributed by atoms with Crippen molar-refractivity contribution in [3.63, 3.8) is 0 Å². The molecule has 0 amide bonds. The van der Waals surface area contributed by atoms with Gasteiger partial charge in [-0.1, -0.05) is 13.8 Å². The van der Waals surface area contributed by atoms with Crippen LogP contribution in [0, 0.1) is 34.5 Å². The van der Waals surface area contributed by atoms with Gasteiger partial charge in [-0.15, -0.1) is 0 Å². The summed E-state index contributed by atoms with van der Waals surface area (Å²) in [5.74, 6) is -1.55. The Labute approximate surface area is 253 Å². The van der Waals surface area contributed by atoms with Crippen molar-refractivity contribution >= 4 is 11.9 Å². The van der Waals surface area contributed by atoms with Gasteiger partial charge in [0.15, 0.2) is 0 Å². The summed E-state index contributed by atoms with van der Waals surface area (Å²) in [6.07, 6.45) is 2.89. The Morgan fingerprint density at radius 3 is 2.39 bits per heavy atom. The Hall–Kier alpha value is -3.44. The van der Waals surface area contributed by atoms with Gasteiger partial charge in [0.05, 0.1) is 24.0 Å². The zero-order chi connectivity index (χ0) is 31.2. The molecule has 11 heteroatoms. The molecule has 4 aliphatic carbocycles. The van der Waals surface area contributed by atoms with E-state index in [1.807, 2.05) is 13.8 Å². The Kier molecular flexibility index (Phi) is 6.68. The number of fused-ring (bicyclic) bond motifs is 4.